The molecule has 21 heavy (non-hydrogen) atoms. The Morgan fingerprint density at radius 3 is 2.33 bits per heavy atom. The fourth-order valence-corrected chi connectivity index (χ4v) is 3.18. The first-order valence-electron chi connectivity index (χ1n) is 8.01. The molecule has 3 amide bonds. The zero-order valence-corrected chi connectivity index (χ0v) is 13.5. The van der Waals surface area contributed by atoms with E-state index in [2.05, 4.69) is 12.2 Å². The maximum Gasteiger partial charge on any atom is 0.319 e. The summed E-state index contributed by atoms with van der Waals surface area (Å²) in [5.41, 5.74) is 0. The predicted molar refractivity (Wildman–Crippen MR) is 82.0 cm³/mol. The first-order chi connectivity index (χ1) is 10.0. The number of nitrogens with one attached hydrogen (secondary N) is 1. The lowest BCUT2D eigenvalue weighted by atomic mass is 9.90. The maximum atomic E-state index is 12.6. The lowest BCUT2D eigenvalue weighted by Crippen LogP contribution is -2.57. The minimum Gasteiger partial charge on any atom is -0.338 e. The number of carbonyl (C=O) groups is 2. The molecule has 6 nitrogen and oxygen atoms in total. The lowest BCUT2D eigenvalue weighted by Gasteiger charge is -2.39. The summed E-state index contributed by atoms with van der Waals surface area (Å²) in [4.78, 5) is 29.8. The summed E-state index contributed by atoms with van der Waals surface area (Å²) in [6, 6.07) is 0.00346. The van der Waals surface area contributed by atoms with Crippen LogP contribution in [0.2, 0.25) is 0 Å². The molecule has 0 aromatic carbocycles. The average Bonchev–Trinajstić information content (AvgIpc) is 2.53. The van der Waals surface area contributed by atoms with E-state index in [0.29, 0.717) is 32.1 Å². The van der Waals surface area contributed by atoms with Gasteiger partial charge in [0.25, 0.3) is 0 Å². The van der Waals surface area contributed by atoms with Crippen molar-refractivity contribution in [2.45, 2.75) is 32.2 Å². The van der Waals surface area contributed by atoms with Crippen molar-refractivity contribution in [2.75, 3.05) is 46.8 Å². The van der Waals surface area contributed by atoms with E-state index in [-0.39, 0.29) is 18.0 Å². The highest BCUT2D eigenvalue weighted by Crippen LogP contribution is 2.21. The van der Waals surface area contributed by atoms with E-state index in [0.717, 1.165) is 19.4 Å². The number of urea groups is 1. The van der Waals surface area contributed by atoms with Gasteiger partial charge in [-0.3, -0.25) is 4.79 Å². The van der Waals surface area contributed by atoms with Gasteiger partial charge in [0.05, 0.1) is 6.04 Å². The van der Waals surface area contributed by atoms with E-state index in [1.807, 2.05) is 9.80 Å². The Morgan fingerprint density at radius 2 is 1.76 bits per heavy atom. The monoisotopic (exact) mass is 296 g/mol. The van der Waals surface area contributed by atoms with Crippen LogP contribution in [0.15, 0.2) is 0 Å². The fraction of sp³-hybridized carbons (Fsp3) is 0.867. The third-order valence-electron chi connectivity index (χ3n) is 4.63. The molecule has 2 aliphatic rings. The first-order valence-corrected chi connectivity index (χ1v) is 8.01. The molecule has 2 saturated heterocycles. The Labute approximate surface area is 127 Å². The van der Waals surface area contributed by atoms with Gasteiger partial charge in [0, 0.05) is 40.3 Å². The van der Waals surface area contributed by atoms with Gasteiger partial charge in [-0.15, -0.1) is 0 Å². The van der Waals surface area contributed by atoms with E-state index >= 15 is 0 Å². The van der Waals surface area contributed by atoms with Crippen LogP contribution in [0.1, 0.15) is 26.2 Å². The van der Waals surface area contributed by atoms with Crippen molar-refractivity contribution in [1.29, 1.82) is 0 Å². The topological polar surface area (TPSA) is 55.9 Å². The minimum atomic E-state index is -0.0280. The average molecular weight is 296 g/mol. The summed E-state index contributed by atoms with van der Waals surface area (Å²) < 4.78 is 0. The number of piperidine rings is 1. The second kappa shape index (κ2) is 7.11. The van der Waals surface area contributed by atoms with Crippen molar-refractivity contribution in [2.24, 2.45) is 5.92 Å². The third-order valence-corrected chi connectivity index (χ3v) is 4.63. The van der Waals surface area contributed by atoms with Crippen LogP contribution in [-0.4, -0.2) is 79.5 Å². The largest absolute Gasteiger partial charge is 0.338 e. The van der Waals surface area contributed by atoms with Gasteiger partial charge in [-0.1, -0.05) is 13.3 Å². The zero-order valence-electron chi connectivity index (χ0n) is 13.5. The lowest BCUT2D eigenvalue weighted by molar-refractivity contribution is -0.136. The molecule has 0 spiro atoms. The molecule has 0 aliphatic carbocycles. The quantitative estimate of drug-likeness (QED) is 0.811. The van der Waals surface area contributed by atoms with Crippen molar-refractivity contribution in [3.05, 3.63) is 0 Å². The Bertz CT molecular complexity index is 378. The van der Waals surface area contributed by atoms with Crippen molar-refractivity contribution >= 4 is 11.9 Å². The fourth-order valence-electron chi connectivity index (χ4n) is 3.18. The van der Waals surface area contributed by atoms with Crippen molar-refractivity contribution in [3.8, 4) is 0 Å². The molecule has 0 saturated carbocycles. The SMILES string of the molecule is CCC1CCNC(C(=O)N2CCN(C(=O)N(C)C)CC2)C1. The summed E-state index contributed by atoms with van der Waals surface area (Å²) in [5.74, 6) is 0.877. The van der Waals surface area contributed by atoms with Crippen LogP contribution in [0.4, 0.5) is 4.79 Å². The molecular formula is C15H28N4O2. The van der Waals surface area contributed by atoms with Gasteiger partial charge < -0.3 is 20.0 Å². The van der Waals surface area contributed by atoms with Crippen LogP contribution >= 0.6 is 0 Å². The molecule has 120 valence electrons. The van der Waals surface area contributed by atoms with E-state index in [1.165, 1.54) is 6.42 Å². The smallest absolute Gasteiger partial charge is 0.319 e. The molecule has 0 bridgehead atoms. The molecule has 2 rings (SSSR count). The van der Waals surface area contributed by atoms with E-state index in [4.69, 9.17) is 0 Å². The molecule has 6 heteroatoms. The second-order valence-corrected chi connectivity index (χ2v) is 6.29. The van der Waals surface area contributed by atoms with Crippen LogP contribution in [-0.2, 0) is 4.79 Å². The second-order valence-electron chi connectivity index (χ2n) is 6.29. The Morgan fingerprint density at radius 1 is 1.14 bits per heavy atom. The van der Waals surface area contributed by atoms with Gasteiger partial charge in [-0.2, -0.15) is 0 Å². The van der Waals surface area contributed by atoms with E-state index in [9.17, 15) is 9.59 Å². The molecule has 0 aromatic rings. The molecule has 1 N–H and O–H groups in total. The maximum absolute atomic E-state index is 12.6. The molecular weight excluding hydrogens is 268 g/mol. The number of hydrogen-bond acceptors (Lipinski definition) is 3. The number of rotatable bonds is 2. The summed E-state index contributed by atoms with van der Waals surface area (Å²) in [6.07, 6.45) is 3.27. The summed E-state index contributed by atoms with van der Waals surface area (Å²) in [7, 11) is 3.52. The van der Waals surface area contributed by atoms with Crippen molar-refractivity contribution in [1.82, 2.24) is 20.0 Å². The molecule has 2 atom stereocenters. The molecule has 2 aliphatic heterocycles. The molecule has 2 heterocycles. The van der Waals surface area contributed by atoms with Crippen LogP contribution in [0.5, 0.6) is 0 Å². The zero-order chi connectivity index (χ0) is 15.4. The minimum absolute atomic E-state index is 0.0280. The van der Waals surface area contributed by atoms with E-state index in [1.54, 1.807) is 19.0 Å². The standard InChI is InChI=1S/C15H28N4O2/c1-4-12-5-6-16-13(11-12)14(20)18-7-9-19(10-8-18)15(21)17(2)3/h12-13,16H,4-11H2,1-3H3. The Hall–Kier alpha value is -1.30. The third kappa shape index (κ3) is 3.87. The molecule has 0 radical (unpaired) electrons. The summed E-state index contributed by atoms with van der Waals surface area (Å²) in [5, 5.41) is 3.35. The highest BCUT2D eigenvalue weighted by Gasteiger charge is 2.32. The van der Waals surface area contributed by atoms with Gasteiger partial charge in [0.2, 0.25) is 5.91 Å². The van der Waals surface area contributed by atoms with E-state index < -0.39 is 0 Å². The van der Waals surface area contributed by atoms with Crippen LogP contribution in [0, 0.1) is 5.92 Å². The Balaban J connectivity index is 1.84. The summed E-state index contributed by atoms with van der Waals surface area (Å²) in [6.45, 7) is 5.69. The predicted octanol–water partition coefficient (Wildman–Crippen LogP) is 0.590. The summed E-state index contributed by atoms with van der Waals surface area (Å²) >= 11 is 0. The number of carbonyl (C=O) groups excluding carboxylic acids is 2. The van der Waals surface area contributed by atoms with Gasteiger partial charge in [0.15, 0.2) is 0 Å². The molecule has 2 fully saturated rings. The number of nitrogens with zero attached hydrogens (tertiary/aromatic N) is 3. The number of piperazine rings is 1. The van der Waals surface area contributed by atoms with Gasteiger partial charge in [-0.05, 0) is 25.3 Å². The van der Waals surface area contributed by atoms with Gasteiger partial charge in [0.1, 0.15) is 0 Å². The number of hydrogen-bond donors (Lipinski definition) is 1. The van der Waals surface area contributed by atoms with Gasteiger partial charge in [-0.25, -0.2) is 4.79 Å². The van der Waals surface area contributed by atoms with Crippen molar-refractivity contribution in [3.63, 3.8) is 0 Å². The van der Waals surface area contributed by atoms with Crippen molar-refractivity contribution < 1.29 is 9.59 Å². The van der Waals surface area contributed by atoms with Crippen LogP contribution < -0.4 is 5.32 Å². The van der Waals surface area contributed by atoms with Gasteiger partial charge >= 0.3 is 6.03 Å². The highest BCUT2D eigenvalue weighted by molar-refractivity contribution is 5.82. The molecule has 2 unspecified atom stereocenters. The van der Waals surface area contributed by atoms with Crippen LogP contribution in [0.25, 0.3) is 0 Å². The number of amides is 3. The molecule has 0 aromatic heterocycles. The normalized spacial score (nSPS) is 26.6. The highest BCUT2D eigenvalue weighted by atomic mass is 16.2. The van der Waals surface area contributed by atoms with Crippen LogP contribution in [0.3, 0.4) is 0 Å². The Kier molecular flexibility index (Phi) is 5.45. The first kappa shape index (κ1) is 16.1.